The number of rotatable bonds is 4. The molecule has 1 heterocycles. The highest BCUT2D eigenvalue weighted by atomic mass is 32.2. The van der Waals surface area contributed by atoms with Crippen LogP contribution in [0.3, 0.4) is 0 Å². The van der Waals surface area contributed by atoms with E-state index in [1.807, 2.05) is 0 Å². The molecule has 0 spiro atoms. The van der Waals surface area contributed by atoms with Crippen molar-refractivity contribution in [1.82, 2.24) is 9.03 Å². The van der Waals surface area contributed by atoms with Gasteiger partial charge in [0.2, 0.25) is 0 Å². The van der Waals surface area contributed by atoms with Crippen LogP contribution in [-0.4, -0.2) is 42.9 Å². The van der Waals surface area contributed by atoms with Crippen LogP contribution in [0.5, 0.6) is 0 Å². The summed E-state index contributed by atoms with van der Waals surface area (Å²) in [6.45, 7) is 5.72. The van der Waals surface area contributed by atoms with Crippen molar-refractivity contribution >= 4 is 16.2 Å². The number of hydrogen-bond acceptors (Lipinski definition) is 4. The molecule has 0 aromatic carbocycles. The maximum Gasteiger partial charge on any atom is 0.325 e. The van der Waals surface area contributed by atoms with Gasteiger partial charge >= 0.3 is 5.97 Å². The van der Waals surface area contributed by atoms with Crippen LogP contribution in [0, 0.1) is 0 Å². The highest BCUT2D eigenvalue weighted by Crippen LogP contribution is 2.26. The Morgan fingerprint density at radius 2 is 1.89 bits per heavy atom. The zero-order chi connectivity index (χ0) is 14.3. The molecule has 2 aliphatic rings. The summed E-state index contributed by atoms with van der Waals surface area (Å²) in [5.41, 5.74) is -0.598. The maximum atomic E-state index is 12.2. The van der Waals surface area contributed by atoms with Crippen molar-refractivity contribution < 1.29 is 17.9 Å². The van der Waals surface area contributed by atoms with Gasteiger partial charge in [-0.05, 0) is 46.5 Å². The molecule has 1 aliphatic heterocycles. The molecule has 1 saturated heterocycles. The predicted molar refractivity (Wildman–Crippen MR) is 70.7 cm³/mol. The van der Waals surface area contributed by atoms with Gasteiger partial charge in [-0.15, -0.1) is 0 Å². The Bertz CT molecular complexity index is 451. The lowest BCUT2D eigenvalue weighted by molar-refractivity contribution is -0.158. The Labute approximate surface area is 114 Å². The molecule has 110 valence electrons. The first kappa shape index (κ1) is 14.7. The standard InChI is InChI=1S/C12H22N2O4S/c1-12(2,3)18-11(15)10-5-4-8-14(10)19(16,17)13-9-6-7-9/h9-10,13H,4-8H2,1-3H3/t10-/m1/s1. The summed E-state index contributed by atoms with van der Waals surface area (Å²) in [7, 11) is -3.56. The van der Waals surface area contributed by atoms with Crippen LogP contribution in [0.15, 0.2) is 0 Å². The third-order valence-corrected chi connectivity index (χ3v) is 4.77. The quantitative estimate of drug-likeness (QED) is 0.777. The lowest BCUT2D eigenvalue weighted by atomic mass is 10.2. The summed E-state index contributed by atoms with van der Waals surface area (Å²) in [6.07, 6.45) is 2.98. The van der Waals surface area contributed by atoms with Crippen LogP contribution in [0.4, 0.5) is 0 Å². The van der Waals surface area contributed by atoms with E-state index >= 15 is 0 Å². The molecule has 0 radical (unpaired) electrons. The Morgan fingerprint density at radius 1 is 1.26 bits per heavy atom. The number of nitrogens with one attached hydrogen (secondary N) is 1. The van der Waals surface area contributed by atoms with Gasteiger partial charge in [-0.25, -0.2) is 0 Å². The van der Waals surface area contributed by atoms with E-state index in [0.717, 1.165) is 12.8 Å². The summed E-state index contributed by atoms with van der Waals surface area (Å²) in [6, 6.07) is -0.639. The second-order valence-electron chi connectivity index (χ2n) is 6.20. The van der Waals surface area contributed by atoms with E-state index in [9.17, 15) is 13.2 Å². The number of nitrogens with zero attached hydrogens (tertiary/aromatic N) is 1. The molecule has 0 unspecified atom stereocenters. The number of esters is 1. The Kier molecular flexibility index (Phi) is 3.90. The van der Waals surface area contributed by atoms with Gasteiger partial charge in [0, 0.05) is 12.6 Å². The van der Waals surface area contributed by atoms with E-state index in [2.05, 4.69) is 4.72 Å². The molecule has 1 saturated carbocycles. The third kappa shape index (κ3) is 3.90. The molecule has 2 rings (SSSR count). The number of carbonyl (C=O) groups is 1. The van der Waals surface area contributed by atoms with Crippen molar-refractivity contribution in [2.45, 2.75) is 64.1 Å². The van der Waals surface area contributed by atoms with Crippen LogP contribution in [0.1, 0.15) is 46.5 Å². The lowest BCUT2D eigenvalue weighted by Gasteiger charge is -2.27. The molecule has 0 bridgehead atoms. The van der Waals surface area contributed by atoms with Crippen LogP contribution < -0.4 is 4.72 Å². The molecule has 0 aromatic rings. The fourth-order valence-electron chi connectivity index (χ4n) is 2.11. The van der Waals surface area contributed by atoms with Crippen molar-refractivity contribution in [3.8, 4) is 0 Å². The molecular weight excluding hydrogens is 268 g/mol. The van der Waals surface area contributed by atoms with E-state index in [4.69, 9.17) is 4.74 Å². The van der Waals surface area contributed by atoms with Gasteiger partial charge < -0.3 is 4.74 Å². The normalized spacial score (nSPS) is 25.5. The van der Waals surface area contributed by atoms with Gasteiger partial charge in [-0.3, -0.25) is 4.79 Å². The van der Waals surface area contributed by atoms with Crippen molar-refractivity contribution in [2.24, 2.45) is 0 Å². The molecule has 7 heteroatoms. The Hall–Kier alpha value is -0.660. The Balaban J connectivity index is 2.05. The minimum atomic E-state index is -3.56. The van der Waals surface area contributed by atoms with Gasteiger partial charge in [0.05, 0.1) is 0 Å². The number of ether oxygens (including phenoxy) is 1. The number of hydrogen-bond donors (Lipinski definition) is 1. The minimum Gasteiger partial charge on any atom is -0.459 e. The van der Waals surface area contributed by atoms with Crippen LogP contribution in [-0.2, 0) is 19.7 Å². The van der Waals surface area contributed by atoms with Crippen LogP contribution in [0.25, 0.3) is 0 Å². The SMILES string of the molecule is CC(C)(C)OC(=O)[C@H]1CCCN1S(=O)(=O)NC1CC1. The molecule has 6 nitrogen and oxygen atoms in total. The second kappa shape index (κ2) is 5.03. The van der Waals surface area contributed by atoms with E-state index in [1.54, 1.807) is 20.8 Å². The summed E-state index contributed by atoms with van der Waals surface area (Å²) < 4.78 is 33.5. The third-order valence-electron chi connectivity index (χ3n) is 3.08. The summed E-state index contributed by atoms with van der Waals surface area (Å²) in [5, 5.41) is 0. The molecule has 1 atom stereocenters. The zero-order valence-electron chi connectivity index (χ0n) is 11.7. The average molecular weight is 290 g/mol. The molecule has 2 fully saturated rings. The summed E-state index contributed by atoms with van der Waals surface area (Å²) in [5.74, 6) is -0.453. The van der Waals surface area contributed by atoms with Crippen molar-refractivity contribution in [3.63, 3.8) is 0 Å². The first-order valence-corrected chi connectivity index (χ1v) is 8.15. The molecular formula is C12H22N2O4S. The second-order valence-corrected chi connectivity index (χ2v) is 7.85. The lowest BCUT2D eigenvalue weighted by Crippen LogP contribution is -2.48. The highest BCUT2D eigenvalue weighted by Gasteiger charge is 2.42. The topological polar surface area (TPSA) is 75.7 Å². The zero-order valence-corrected chi connectivity index (χ0v) is 12.5. The van der Waals surface area contributed by atoms with Crippen molar-refractivity contribution in [3.05, 3.63) is 0 Å². The van der Waals surface area contributed by atoms with E-state index < -0.39 is 27.8 Å². The van der Waals surface area contributed by atoms with E-state index in [1.165, 1.54) is 4.31 Å². The first-order chi connectivity index (χ1) is 8.69. The highest BCUT2D eigenvalue weighted by molar-refractivity contribution is 7.87. The monoisotopic (exact) mass is 290 g/mol. The molecule has 1 aliphatic carbocycles. The first-order valence-electron chi connectivity index (χ1n) is 6.71. The Morgan fingerprint density at radius 3 is 2.42 bits per heavy atom. The van der Waals surface area contributed by atoms with Gasteiger partial charge in [-0.1, -0.05) is 0 Å². The van der Waals surface area contributed by atoms with Gasteiger partial charge in [0.15, 0.2) is 0 Å². The van der Waals surface area contributed by atoms with Crippen LogP contribution >= 0.6 is 0 Å². The van der Waals surface area contributed by atoms with E-state index in [0.29, 0.717) is 19.4 Å². The van der Waals surface area contributed by atoms with E-state index in [-0.39, 0.29) is 6.04 Å². The van der Waals surface area contributed by atoms with Gasteiger partial charge in [-0.2, -0.15) is 17.4 Å². The van der Waals surface area contributed by atoms with Gasteiger partial charge in [0.1, 0.15) is 11.6 Å². The average Bonchev–Trinajstić information content (AvgIpc) is 2.89. The minimum absolute atomic E-state index is 0.0462. The molecule has 1 N–H and O–H groups in total. The fraction of sp³-hybridized carbons (Fsp3) is 0.917. The molecule has 19 heavy (non-hydrogen) atoms. The largest absolute Gasteiger partial charge is 0.459 e. The van der Waals surface area contributed by atoms with Gasteiger partial charge in [0.25, 0.3) is 10.2 Å². The number of carbonyl (C=O) groups excluding carboxylic acids is 1. The van der Waals surface area contributed by atoms with Crippen molar-refractivity contribution in [2.75, 3.05) is 6.54 Å². The summed E-state index contributed by atoms with van der Waals surface area (Å²) >= 11 is 0. The predicted octanol–water partition coefficient (Wildman–Crippen LogP) is 0.789. The van der Waals surface area contributed by atoms with Crippen molar-refractivity contribution in [1.29, 1.82) is 0 Å². The summed E-state index contributed by atoms with van der Waals surface area (Å²) in [4.78, 5) is 12.1. The fourth-order valence-corrected chi connectivity index (χ4v) is 3.80. The molecule has 0 amide bonds. The maximum absolute atomic E-state index is 12.2. The molecule has 0 aromatic heterocycles. The smallest absolute Gasteiger partial charge is 0.325 e. The van der Waals surface area contributed by atoms with Crippen LogP contribution in [0.2, 0.25) is 0 Å².